The smallest absolute Gasteiger partial charge is 0.124 e. The zero-order chi connectivity index (χ0) is 13.8. The zero-order valence-electron chi connectivity index (χ0n) is 10.9. The number of benzene rings is 2. The lowest BCUT2D eigenvalue weighted by Gasteiger charge is -2.12. The number of nitrogens with two attached hydrogens (primary N) is 1. The lowest BCUT2D eigenvalue weighted by Crippen LogP contribution is -2.00. The minimum atomic E-state index is 0.460. The van der Waals surface area contributed by atoms with Gasteiger partial charge in [-0.05, 0) is 37.3 Å². The van der Waals surface area contributed by atoms with Gasteiger partial charge in [0.05, 0.1) is 7.11 Å². The first-order valence-electron chi connectivity index (χ1n) is 5.92. The van der Waals surface area contributed by atoms with Crippen LogP contribution in [-0.2, 0) is 6.61 Å². The maximum atomic E-state index is 5.86. The highest BCUT2D eigenvalue weighted by molar-refractivity contribution is 9.10. The van der Waals surface area contributed by atoms with Gasteiger partial charge in [-0.3, -0.25) is 0 Å². The summed E-state index contributed by atoms with van der Waals surface area (Å²) in [5, 5.41) is 0. The Morgan fingerprint density at radius 2 is 2.00 bits per heavy atom. The molecule has 0 amide bonds. The molecule has 2 aromatic rings. The molecule has 2 N–H and O–H groups in total. The number of hydrogen-bond donors (Lipinski definition) is 1. The van der Waals surface area contributed by atoms with Crippen LogP contribution >= 0.6 is 15.9 Å². The Kier molecular flexibility index (Phi) is 4.32. The van der Waals surface area contributed by atoms with E-state index in [4.69, 9.17) is 15.2 Å². The van der Waals surface area contributed by atoms with Crippen LogP contribution in [0.5, 0.6) is 11.5 Å². The van der Waals surface area contributed by atoms with Gasteiger partial charge < -0.3 is 15.2 Å². The molecule has 19 heavy (non-hydrogen) atoms. The first-order valence-corrected chi connectivity index (χ1v) is 6.71. The van der Waals surface area contributed by atoms with E-state index in [2.05, 4.69) is 15.9 Å². The molecule has 0 heterocycles. The highest BCUT2D eigenvalue weighted by Crippen LogP contribution is 2.27. The van der Waals surface area contributed by atoms with Crippen LogP contribution < -0.4 is 15.2 Å². The molecule has 4 heteroatoms. The van der Waals surface area contributed by atoms with E-state index in [-0.39, 0.29) is 0 Å². The predicted octanol–water partition coefficient (Wildman–Crippen LogP) is 3.93. The average Bonchev–Trinajstić information content (AvgIpc) is 2.42. The second-order valence-electron chi connectivity index (χ2n) is 4.22. The minimum absolute atomic E-state index is 0.460. The standard InChI is InChI=1S/C15H16BrNO2/c1-10-14(17)4-3-5-15(10)19-9-11-8-12(18-2)6-7-13(11)16/h3-8H,9,17H2,1-2H3. The molecular weight excluding hydrogens is 306 g/mol. The summed E-state index contributed by atoms with van der Waals surface area (Å²) in [6.07, 6.45) is 0. The van der Waals surface area contributed by atoms with Crippen molar-refractivity contribution in [2.24, 2.45) is 0 Å². The molecule has 2 aromatic carbocycles. The third-order valence-electron chi connectivity index (χ3n) is 2.96. The molecule has 0 saturated carbocycles. The normalized spacial score (nSPS) is 10.3. The molecule has 0 aliphatic carbocycles. The van der Waals surface area contributed by atoms with E-state index in [9.17, 15) is 0 Å². The van der Waals surface area contributed by atoms with Crippen LogP contribution in [0, 0.1) is 6.92 Å². The SMILES string of the molecule is COc1ccc(Br)c(COc2cccc(N)c2C)c1. The monoisotopic (exact) mass is 321 g/mol. The third-order valence-corrected chi connectivity index (χ3v) is 3.74. The Labute approximate surface area is 121 Å². The Morgan fingerprint density at radius 1 is 1.21 bits per heavy atom. The molecule has 0 saturated heterocycles. The number of ether oxygens (including phenoxy) is 2. The molecule has 2 rings (SSSR count). The molecule has 0 aliphatic heterocycles. The maximum absolute atomic E-state index is 5.86. The average molecular weight is 322 g/mol. The van der Waals surface area contributed by atoms with Crippen LogP contribution in [0.1, 0.15) is 11.1 Å². The number of nitrogen functional groups attached to an aromatic ring is 1. The molecular formula is C15H16BrNO2. The largest absolute Gasteiger partial charge is 0.497 e. The van der Waals surface area contributed by atoms with Crippen LogP contribution in [0.4, 0.5) is 5.69 Å². The molecule has 0 fully saturated rings. The summed E-state index contributed by atoms with van der Waals surface area (Å²) in [6, 6.07) is 11.5. The van der Waals surface area contributed by atoms with E-state index in [0.717, 1.165) is 32.8 Å². The summed E-state index contributed by atoms with van der Waals surface area (Å²) in [5.41, 5.74) is 8.58. The quantitative estimate of drug-likeness (QED) is 0.868. The highest BCUT2D eigenvalue weighted by atomic mass is 79.9. The van der Waals surface area contributed by atoms with E-state index in [0.29, 0.717) is 6.61 Å². The van der Waals surface area contributed by atoms with Gasteiger partial charge in [0.15, 0.2) is 0 Å². The fraction of sp³-hybridized carbons (Fsp3) is 0.200. The highest BCUT2D eigenvalue weighted by Gasteiger charge is 2.06. The van der Waals surface area contributed by atoms with E-state index in [1.165, 1.54) is 0 Å². The topological polar surface area (TPSA) is 44.5 Å². The van der Waals surface area contributed by atoms with Gasteiger partial charge in [-0.15, -0.1) is 0 Å². The Bertz CT molecular complexity index is 584. The Balaban J connectivity index is 2.16. The van der Waals surface area contributed by atoms with Crippen molar-refractivity contribution in [3.05, 3.63) is 52.0 Å². The number of methoxy groups -OCH3 is 1. The van der Waals surface area contributed by atoms with Crippen molar-refractivity contribution < 1.29 is 9.47 Å². The second-order valence-corrected chi connectivity index (χ2v) is 5.07. The molecule has 0 spiro atoms. The Morgan fingerprint density at radius 3 is 2.74 bits per heavy atom. The fourth-order valence-electron chi connectivity index (χ4n) is 1.73. The van der Waals surface area contributed by atoms with E-state index in [1.807, 2.05) is 43.3 Å². The van der Waals surface area contributed by atoms with E-state index in [1.54, 1.807) is 7.11 Å². The molecule has 100 valence electrons. The van der Waals surface area contributed by atoms with E-state index >= 15 is 0 Å². The lowest BCUT2D eigenvalue weighted by atomic mass is 10.2. The molecule has 0 atom stereocenters. The number of anilines is 1. The third kappa shape index (κ3) is 3.20. The summed E-state index contributed by atoms with van der Waals surface area (Å²) in [4.78, 5) is 0. The molecule has 0 unspecified atom stereocenters. The van der Waals surface area contributed by atoms with Gasteiger partial charge in [0.25, 0.3) is 0 Å². The number of rotatable bonds is 4. The molecule has 3 nitrogen and oxygen atoms in total. The summed E-state index contributed by atoms with van der Waals surface area (Å²) >= 11 is 3.51. The fourth-order valence-corrected chi connectivity index (χ4v) is 2.09. The van der Waals surface area contributed by atoms with Crippen molar-refractivity contribution in [2.45, 2.75) is 13.5 Å². The first-order chi connectivity index (χ1) is 9.11. The van der Waals surface area contributed by atoms with E-state index < -0.39 is 0 Å². The van der Waals surface area contributed by atoms with Crippen molar-refractivity contribution in [1.29, 1.82) is 0 Å². The number of halogens is 1. The van der Waals surface area contributed by atoms with Crippen molar-refractivity contribution in [3.63, 3.8) is 0 Å². The van der Waals surface area contributed by atoms with Gasteiger partial charge in [0.1, 0.15) is 18.1 Å². The van der Waals surface area contributed by atoms with Crippen LogP contribution in [-0.4, -0.2) is 7.11 Å². The van der Waals surface area contributed by atoms with Crippen molar-refractivity contribution in [2.75, 3.05) is 12.8 Å². The lowest BCUT2D eigenvalue weighted by molar-refractivity contribution is 0.302. The number of hydrogen-bond acceptors (Lipinski definition) is 3. The van der Waals surface area contributed by atoms with Crippen LogP contribution in [0.2, 0.25) is 0 Å². The Hall–Kier alpha value is -1.68. The summed E-state index contributed by atoms with van der Waals surface area (Å²) in [7, 11) is 1.65. The van der Waals surface area contributed by atoms with Gasteiger partial charge in [-0.1, -0.05) is 22.0 Å². The van der Waals surface area contributed by atoms with Crippen LogP contribution in [0.25, 0.3) is 0 Å². The van der Waals surface area contributed by atoms with Gasteiger partial charge >= 0.3 is 0 Å². The molecule has 0 bridgehead atoms. The zero-order valence-corrected chi connectivity index (χ0v) is 12.5. The summed E-state index contributed by atoms with van der Waals surface area (Å²) in [5.74, 6) is 1.61. The van der Waals surface area contributed by atoms with Crippen LogP contribution in [0.15, 0.2) is 40.9 Å². The minimum Gasteiger partial charge on any atom is -0.497 e. The van der Waals surface area contributed by atoms with Gasteiger partial charge in [0.2, 0.25) is 0 Å². The molecule has 0 aromatic heterocycles. The van der Waals surface area contributed by atoms with Gasteiger partial charge in [-0.25, -0.2) is 0 Å². The second kappa shape index (κ2) is 5.97. The molecule has 0 aliphatic rings. The molecule has 0 radical (unpaired) electrons. The predicted molar refractivity (Wildman–Crippen MR) is 80.6 cm³/mol. The van der Waals surface area contributed by atoms with Gasteiger partial charge in [-0.2, -0.15) is 0 Å². The van der Waals surface area contributed by atoms with Crippen LogP contribution in [0.3, 0.4) is 0 Å². The van der Waals surface area contributed by atoms with Crippen molar-refractivity contribution >= 4 is 21.6 Å². The first kappa shape index (κ1) is 13.7. The summed E-state index contributed by atoms with van der Waals surface area (Å²) < 4.78 is 12.0. The van der Waals surface area contributed by atoms with Gasteiger partial charge in [0, 0.05) is 21.3 Å². The van der Waals surface area contributed by atoms with Crippen molar-refractivity contribution in [3.8, 4) is 11.5 Å². The van der Waals surface area contributed by atoms with Crippen molar-refractivity contribution in [1.82, 2.24) is 0 Å². The summed E-state index contributed by atoms with van der Waals surface area (Å²) in [6.45, 7) is 2.41. The maximum Gasteiger partial charge on any atom is 0.124 e.